The standard InChI is InChI=1S/C36H35N3O4/c1-41-32-18-14-31(15-19-32)39-35(30-12-16-33(17-13-30)42-25-27-8-4-2-5-9-27)24-34(37-39)29-20-22-38(23-21-29)36(40)43-26-28-10-6-3-7-11-28/h2-19,24,29H,20-23,25-26H2,1H3. The first-order chi connectivity index (χ1) is 21.2. The Morgan fingerprint density at radius 3 is 2.00 bits per heavy atom. The van der Waals surface area contributed by atoms with Gasteiger partial charge in [-0.05, 0) is 78.6 Å². The summed E-state index contributed by atoms with van der Waals surface area (Å²) >= 11 is 0. The predicted molar refractivity (Wildman–Crippen MR) is 167 cm³/mol. The average molecular weight is 574 g/mol. The van der Waals surface area contributed by atoms with Gasteiger partial charge in [-0.15, -0.1) is 0 Å². The third-order valence-corrected chi connectivity index (χ3v) is 7.82. The summed E-state index contributed by atoms with van der Waals surface area (Å²) in [6.07, 6.45) is 1.39. The van der Waals surface area contributed by atoms with E-state index in [2.05, 4.69) is 30.3 Å². The highest BCUT2D eigenvalue weighted by Crippen LogP contribution is 2.33. The third-order valence-electron chi connectivity index (χ3n) is 7.82. The maximum atomic E-state index is 12.7. The van der Waals surface area contributed by atoms with Crippen molar-refractivity contribution in [1.82, 2.24) is 14.7 Å². The molecule has 5 aromatic rings. The Hall–Kier alpha value is -5.04. The number of aromatic nitrogens is 2. The molecule has 43 heavy (non-hydrogen) atoms. The predicted octanol–water partition coefficient (Wildman–Crippen LogP) is 7.64. The second-order valence-corrected chi connectivity index (χ2v) is 10.7. The number of nitrogens with zero attached hydrogens (tertiary/aromatic N) is 3. The molecule has 2 heterocycles. The van der Waals surface area contributed by atoms with E-state index >= 15 is 0 Å². The Kier molecular flexibility index (Phi) is 8.69. The summed E-state index contributed by atoms with van der Waals surface area (Å²) in [5.41, 5.74) is 6.13. The van der Waals surface area contributed by atoms with E-state index in [0.717, 1.165) is 58.1 Å². The van der Waals surface area contributed by atoms with Crippen molar-refractivity contribution in [3.63, 3.8) is 0 Å². The van der Waals surface area contributed by atoms with Crippen molar-refractivity contribution in [3.8, 4) is 28.4 Å². The van der Waals surface area contributed by atoms with Gasteiger partial charge in [0.15, 0.2) is 0 Å². The second-order valence-electron chi connectivity index (χ2n) is 10.7. The minimum absolute atomic E-state index is 0.241. The number of methoxy groups -OCH3 is 1. The van der Waals surface area contributed by atoms with E-state index in [4.69, 9.17) is 19.3 Å². The van der Waals surface area contributed by atoms with E-state index in [1.54, 1.807) is 12.0 Å². The Bertz CT molecular complexity index is 1610. The molecule has 1 amide bonds. The van der Waals surface area contributed by atoms with Crippen LogP contribution in [0.25, 0.3) is 16.9 Å². The van der Waals surface area contributed by atoms with Crippen molar-refractivity contribution in [3.05, 3.63) is 132 Å². The topological polar surface area (TPSA) is 65.8 Å². The molecule has 1 aromatic heterocycles. The summed E-state index contributed by atoms with van der Waals surface area (Å²) in [5, 5.41) is 5.09. The van der Waals surface area contributed by atoms with E-state index in [1.165, 1.54) is 0 Å². The van der Waals surface area contributed by atoms with E-state index in [-0.39, 0.29) is 18.6 Å². The molecule has 1 aliphatic heterocycles. The quantitative estimate of drug-likeness (QED) is 0.181. The zero-order valence-corrected chi connectivity index (χ0v) is 24.3. The largest absolute Gasteiger partial charge is 0.497 e. The third kappa shape index (κ3) is 6.89. The van der Waals surface area contributed by atoms with Gasteiger partial charge in [-0.2, -0.15) is 5.10 Å². The molecule has 1 aliphatic rings. The van der Waals surface area contributed by atoms with Gasteiger partial charge >= 0.3 is 6.09 Å². The maximum absolute atomic E-state index is 12.7. The molecule has 1 saturated heterocycles. The van der Waals surface area contributed by atoms with Gasteiger partial charge in [-0.1, -0.05) is 60.7 Å². The van der Waals surface area contributed by atoms with Gasteiger partial charge in [0, 0.05) is 24.6 Å². The zero-order valence-electron chi connectivity index (χ0n) is 24.3. The monoisotopic (exact) mass is 573 g/mol. The van der Waals surface area contributed by atoms with Gasteiger partial charge in [0.2, 0.25) is 0 Å². The summed E-state index contributed by atoms with van der Waals surface area (Å²) in [5.74, 6) is 1.85. The fourth-order valence-corrected chi connectivity index (χ4v) is 5.36. The van der Waals surface area contributed by atoms with Gasteiger partial charge < -0.3 is 19.1 Å². The molecule has 7 heteroatoms. The Balaban J connectivity index is 1.17. The first-order valence-electron chi connectivity index (χ1n) is 14.6. The summed E-state index contributed by atoms with van der Waals surface area (Å²) in [4.78, 5) is 14.5. The molecule has 0 N–H and O–H groups in total. The fraction of sp³-hybridized carbons (Fsp3) is 0.222. The molecule has 0 aliphatic carbocycles. The lowest BCUT2D eigenvalue weighted by molar-refractivity contribution is 0.0868. The minimum Gasteiger partial charge on any atom is -0.497 e. The molecule has 7 nitrogen and oxygen atoms in total. The molecule has 0 spiro atoms. The molecule has 0 radical (unpaired) electrons. The minimum atomic E-state index is -0.263. The van der Waals surface area contributed by atoms with Gasteiger partial charge in [0.1, 0.15) is 24.7 Å². The van der Waals surface area contributed by atoms with E-state index in [0.29, 0.717) is 19.7 Å². The highest BCUT2D eigenvalue weighted by Gasteiger charge is 2.27. The molecule has 0 saturated carbocycles. The van der Waals surface area contributed by atoms with E-state index in [1.807, 2.05) is 89.6 Å². The molecule has 0 unspecified atom stereocenters. The number of rotatable bonds is 9. The second kappa shape index (κ2) is 13.3. The Morgan fingerprint density at radius 1 is 0.767 bits per heavy atom. The maximum Gasteiger partial charge on any atom is 0.410 e. The van der Waals surface area contributed by atoms with E-state index in [9.17, 15) is 4.79 Å². The Morgan fingerprint density at radius 2 is 1.37 bits per heavy atom. The molecule has 4 aromatic carbocycles. The molecule has 6 rings (SSSR count). The SMILES string of the molecule is COc1ccc(-n2nc(C3CCN(C(=O)OCc4ccccc4)CC3)cc2-c2ccc(OCc3ccccc3)cc2)cc1. The highest BCUT2D eigenvalue weighted by atomic mass is 16.6. The normalized spacial score (nSPS) is 13.5. The lowest BCUT2D eigenvalue weighted by Crippen LogP contribution is -2.38. The summed E-state index contributed by atoms with van der Waals surface area (Å²) in [6.45, 7) is 2.07. The first kappa shape index (κ1) is 28.1. The van der Waals surface area contributed by atoms with Crippen molar-refractivity contribution < 1.29 is 19.0 Å². The number of ether oxygens (including phenoxy) is 3. The van der Waals surface area contributed by atoms with Crippen LogP contribution in [0, 0.1) is 0 Å². The Labute approximate surface area is 252 Å². The van der Waals surface area contributed by atoms with Gasteiger partial charge in [0.25, 0.3) is 0 Å². The number of amides is 1. The van der Waals surface area contributed by atoms with Crippen molar-refractivity contribution >= 4 is 6.09 Å². The number of benzene rings is 4. The molecule has 1 fully saturated rings. The van der Waals surface area contributed by atoms with Crippen molar-refractivity contribution in [2.45, 2.75) is 32.0 Å². The van der Waals surface area contributed by atoms with Crippen molar-refractivity contribution in [1.29, 1.82) is 0 Å². The average Bonchev–Trinajstić information content (AvgIpc) is 3.53. The lowest BCUT2D eigenvalue weighted by atomic mass is 9.93. The number of carbonyl (C=O) groups is 1. The number of piperidine rings is 1. The van der Waals surface area contributed by atoms with Crippen LogP contribution in [0.1, 0.15) is 35.6 Å². The van der Waals surface area contributed by atoms with Gasteiger partial charge in [0.05, 0.1) is 24.2 Å². The van der Waals surface area contributed by atoms with Crippen LogP contribution >= 0.6 is 0 Å². The lowest BCUT2D eigenvalue weighted by Gasteiger charge is -2.30. The highest BCUT2D eigenvalue weighted by molar-refractivity contribution is 5.68. The number of carbonyl (C=O) groups excluding carboxylic acids is 1. The van der Waals surface area contributed by atoms with Crippen molar-refractivity contribution in [2.75, 3.05) is 20.2 Å². The van der Waals surface area contributed by atoms with Crippen LogP contribution in [0.3, 0.4) is 0 Å². The summed E-state index contributed by atoms with van der Waals surface area (Å²) in [7, 11) is 1.66. The zero-order chi connectivity index (χ0) is 29.4. The summed E-state index contributed by atoms with van der Waals surface area (Å²) in [6, 6.07) is 38.2. The number of hydrogen-bond acceptors (Lipinski definition) is 5. The van der Waals surface area contributed by atoms with E-state index < -0.39 is 0 Å². The molecular weight excluding hydrogens is 538 g/mol. The van der Waals surface area contributed by atoms with Gasteiger partial charge in [-0.25, -0.2) is 9.48 Å². The van der Waals surface area contributed by atoms with Crippen LogP contribution in [0.5, 0.6) is 11.5 Å². The van der Waals surface area contributed by atoms with Crippen molar-refractivity contribution in [2.24, 2.45) is 0 Å². The van der Waals surface area contributed by atoms with Crippen LogP contribution in [0.15, 0.2) is 115 Å². The number of likely N-dealkylation sites (tertiary alicyclic amines) is 1. The van der Waals surface area contributed by atoms with Crippen LogP contribution in [-0.4, -0.2) is 41.0 Å². The summed E-state index contributed by atoms with van der Waals surface area (Å²) < 4.78 is 19.0. The number of hydrogen-bond donors (Lipinski definition) is 0. The van der Waals surface area contributed by atoms with Crippen LogP contribution in [0.4, 0.5) is 4.79 Å². The fourth-order valence-electron chi connectivity index (χ4n) is 5.36. The molecule has 0 atom stereocenters. The van der Waals surface area contributed by atoms with Gasteiger partial charge in [-0.3, -0.25) is 0 Å². The molecule has 218 valence electrons. The van der Waals surface area contributed by atoms with Crippen LogP contribution in [0.2, 0.25) is 0 Å². The van der Waals surface area contributed by atoms with Crippen LogP contribution < -0.4 is 9.47 Å². The molecule has 0 bridgehead atoms. The smallest absolute Gasteiger partial charge is 0.410 e. The first-order valence-corrected chi connectivity index (χ1v) is 14.6. The molecular formula is C36H35N3O4. The van der Waals surface area contributed by atoms with Crippen LogP contribution in [-0.2, 0) is 18.0 Å².